The largest absolute Gasteiger partial charge is 0.389 e. The van der Waals surface area contributed by atoms with Gasteiger partial charge in [-0.3, -0.25) is 4.79 Å². The molecule has 17 heavy (non-hydrogen) atoms. The van der Waals surface area contributed by atoms with Crippen LogP contribution in [-0.2, 0) is 11.3 Å². The maximum Gasteiger partial charge on any atom is 0.220 e. The maximum atomic E-state index is 11.5. The molecule has 0 bridgehead atoms. The quantitative estimate of drug-likeness (QED) is 0.786. The summed E-state index contributed by atoms with van der Waals surface area (Å²) in [7, 11) is 0. The van der Waals surface area contributed by atoms with E-state index in [0.717, 1.165) is 11.1 Å². The summed E-state index contributed by atoms with van der Waals surface area (Å²) in [6, 6.07) is 7.58. The zero-order valence-corrected chi connectivity index (χ0v) is 11.0. The first-order valence-electron chi connectivity index (χ1n) is 5.64. The van der Waals surface area contributed by atoms with Crippen molar-refractivity contribution < 1.29 is 4.79 Å². The number of nitrogens with two attached hydrogens (primary N) is 1. The zero-order valence-electron chi connectivity index (χ0n) is 10.2. The first kappa shape index (κ1) is 13.6. The van der Waals surface area contributed by atoms with Gasteiger partial charge in [-0.2, -0.15) is 0 Å². The minimum Gasteiger partial charge on any atom is -0.389 e. The minimum atomic E-state index is 0.0819. The van der Waals surface area contributed by atoms with E-state index in [1.807, 2.05) is 38.1 Å². The van der Waals surface area contributed by atoms with Gasteiger partial charge in [0.2, 0.25) is 5.91 Å². The summed E-state index contributed by atoms with van der Waals surface area (Å²) in [5.41, 5.74) is 7.39. The van der Waals surface area contributed by atoms with Crippen molar-refractivity contribution in [2.75, 3.05) is 0 Å². The Morgan fingerprint density at radius 1 is 1.35 bits per heavy atom. The van der Waals surface area contributed by atoms with E-state index in [1.54, 1.807) is 0 Å². The molecule has 0 heterocycles. The Balaban J connectivity index is 2.47. The van der Waals surface area contributed by atoms with Gasteiger partial charge in [-0.25, -0.2) is 0 Å². The van der Waals surface area contributed by atoms with Crippen LogP contribution in [0.3, 0.4) is 0 Å². The topological polar surface area (TPSA) is 55.1 Å². The smallest absolute Gasteiger partial charge is 0.220 e. The van der Waals surface area contributed by atoms with E-state index in [1.165, 1.54) is 0 Å². The lowest BCUT2D eigenvalue weighted by Crippen LogP contribution is -2.23. The van der Waals surface area contributed by atoms with Crippen molar-refractivity contribution >= 4 is 23.1 Å². The van der Waals surface area contributed by atoms with Gasteiger partial charge in [0, 0.05) is 18.5 Å². The predicted octanol–water partition coefficient (Wildman–Crippen LogP) is 1.98. The molecule has 1 aromatic carbocycles. The van der Waals surface area contributed by atoms with Crippen molar-refractivity contribution in [3.05, 3.63) is 35.4 Å². The zero-order chi connectivity index (χ0) is 12.8. The van der Waals surface area contributed by atoms with Crippen molar-refractivity contribution in [2.24, 2.45) is 11.7 Å². The van der Waals surface area contributed by atoms with Gasteiger partial charge in [-0.1, -0.05) is 50.3 Å². The van der Waals surface area contributed by atoms with Crippen LogP contribution in [0.25, 0.3) is 0 Å². The van der Waals surface area contributed by atoms with Gasteiger partial charge in [0.05, 0.1) is 0 Å². The normalized spacial score (nSPS) is 10.3. The molecule has 0 aliphatic heterocycles. The molecule has 92 valence electrons. The number of thiocarbonyl (C=S) groups is 1. The molecule has 0 saturated heterocycles. The molecule has 0 atom stereocenters. The standard InChI is InChI=1S/C13H18N2OS/c1-9(2)7-12(16)15-8-10-3-5-11(6-4-10)13(14)17/h3-6,9H,7-8H2,1-2H3,(H2,14,17)(H,15,16). The highest BCUT2D eigenvalue weighted by atomic mass is 32.1. The fourth-order valence-corrected chi connectivity index (χ4v) is 1.57. The van der Waals surface area contributed by atoms with Crippen molar-refractivity contribution in [1.82, 2.24) is 5.32 Å². The van der Waals surface area contributed by atoms with Crippen LogP contribution in [0.2, 0.25) is 0 Å². The molecule has 3 nitrogen and oxygen atoms in total. The molecule has 0 radical (unpaired) electrons. The van der Waals surface area contributed by atoms with E-state index in [-0.39, 0.29) is 5.91 Å². The van der Waals surface area contributed by atoms with Gasteiger partial charge in [0.15, 0.2) is 0 Å². The van der Waals surface area contributed by atoms with Crippen LogP contribution < -0.4 is 11.1 Å². The number of nitrogens with one attached hydrogen (secondary N) is 1. The first-order chi connectivity index (χ1) is 7.99. The lowest BCUT2D eigenvalue weighted by Gasteiger charge is -2.07. The molecule has 1 rings (SSSR count). The van der Waals surface area contributed by atoms with Crippen LogP contribution in [0.4, 0.5) is 0 Å². The summed E-state index contributed by atoms with van der Waals surface area (Å²) >= 11 is 4.87. The third-order valence-electron chi connectivity index (χ3n) is 2.32. The third-order valence-corrected chi connectivity index (χ3v) is 2.56. The lowest BCUT2D eigenvalue weighted by molar-refractivity contribution is -0.121. The highest BCUT2D eigenvalue weighted by Crippen LogP contribution is 2.05. The minimum absolute atomic E-state index is 0.0819. The molecule has 3 N–H and O–H groups in total. The van der Waals surface area contributed by atoms with Crippen LogP contribution in [0.5, 0.6) is 0 Å². The third kappa shape index (κ3) is 4.95. The van der Waals surface area contributed by atoms with E-state index < -0.39 is 0 Å². The van der Waals surface area contributed by atoms with Gasteiger partial charge in [0.25, 0.3) is 0 Å². The Bertz CT molecular complexity index is 398. The van der Waals surface area contributed by atoms with E-state index in [4.69, 9.17) is 18.0 Å². The second kappa shape index (κ2) is 6.35. The van der Waals surface area contributed by atoms with Crippen LogP contribution in [0.1, 0.15) is 31.4 Å². The summed E-state index contributed by atoms with van der Waals surface area (Å²) in [4.78, 5) is 11.8. The van der Waals surface area contributed by atoms with Gasteiger partial charge in [-0.05, 0) is 11.5 Å². The van der Waals surface area contributed by atoms with Crippen LogP contribution in [0.15, 0.2) is 24.3 Å². The molecular formula is C13H18N2OS. The van der Waals surface area contributed by atoms with Crippen LogP contribution >= 0.6 is 12.2 Å². The molecular weight excluding hydrogens is 232 g/mol. The van der Waals surface area contributed by atoms with Crippen molar-refractivity contribution in [3.63, 3.8) is 0 Å². The molecule has 1 aromatic rings. The molecule has 0 aliphatic rings. The first-order valence-corrected chi connectivity index (χ1v) is 6.05. The molecule has 0 aliphatic carbocycles. The SMILES string of the molecule is CC(C)CC(=O)NCc1ccc(C(N)=S)cc1. The summed E-state index contributed by atoms with van der Waals surface area (Å²) in [5.74, 6) is 0.463. The molecule has 0 saturated carbocycles. The number of rotatable bonds is 5. The number of amides is 1. The highest BCUT2D eigenvalue weighted by Gasteiger charge is 2.04. The predicted molar refractivity (Wildman–Crippen MR) is 73.6 cm³/mol. The Hall–Kier alpha value is -1.42. The van der Waals surface area contributed by atoms with E-state index in [0.29, 0.717) is 23.9 Å². The van der Waals surface area contributed by atoms with Crippen molar-refractivity contribution in [2.45, 2.75) is 26.8 Å². The van der Waals surface area contributed by atoms with E-state index >= 15 is 0 Å². The molecule has 0 unspecified atom stereocenters. The Labute approximate surface area is 107 Å². The van der Waals surface area contributed by atoms with Crippen LogP contribution in [0, 0.1) is 5.92 Å². The average Bonchev–Trinajstić information content (AvgIpc) is 2.26. The monoisotopic (exact) mass is 250 g/mol. The number of hydrogen-bond donors (Lipinski definition) is 2. The Morgan fingerprint density at radius 2 is 1.94 bits per heavy atom. The highest BCUT2D eigenvalue weighted by molar-refractivity contribution is 7.80. The van der Waals surface area contributed by atoms with Crippen molar-refractivity contribution in [1.29, 1.82) is 0 Å². The van der Waals surface area contributed by atoms with Gasteiger partial charge < -0.3 is 11.1 Å². The lowest BCUT2D eigenvalue weighted by atomic mass is 10.1. The second-order valence-electron chi connectivity index (χ2n) is 4.44. The summed E-state index contributed by atoms with van der Waals surface area (Å²) < 4.78 is 0. The molecule has 0 spiro atoms. The van der Waals surface area contributed by atoms with E-state index in [2.05, 4.69) is 5.32 Å². The van der Waals surface area contributed by atoms with Crippen molar-refractivity contribution in [3.8, 4) is 0 Å². The molecule has 1 amide bonds. The summed E-state index contributed by atoms with van der Waals surface area (Å²) in [6.45, 7) is 4.59. The van der Waals surface area contributed by atoms with Gasteiger partial charge in [0.1, 0.15) is 4.99 Å². The average molecular weight is 250 g/mol. The fourth-order valence-electron chi connectivity index (χ4n) is 1.43. The van der Waals surface area contributed by atoms with Gasteiger partial charge >= 0.3 is 0 Å². The molecule has 0 fully saturated rings. The second-order valence-corrected chi connectivity index (χ2v) is 4.88. The number of hydrogen-bond acceptors (Lipinski definition) is 2. The summed E-state index contributed by atoms with van der Waals surface area (Å²) in [6.07, 6.45) is 0.560. The fraction of sp³-hybridized carbons (Fsp3) is 0.385. The molecule has 4 heteroatoms. The Morgan fingerprint density at radius 3 is 2.41 bits per heavy atom. The number of carbonyl (C=O) groups excluding carboxylic acids is 1. The Kier molecular flexibility index (Phi) is 5.10. The van der Waals surface area contributed by atoms with Crippen LogP contribution in [-0.4, -0.2) is 10.9 Å². The maximum absolute atomic E-state index is 11.5. The van der Waals surface area contributed by atoms with E-state index in [9.17, 15) is 4.79 Å². The number of benzene rings is 1. The number of carbonyl (C=O) groups is 1. The van der Waals surface area contributed by atoms with Gasteiger partial charge in [-0.15, -0.1) is 0 Å². The summed E-state index contributed by atoms with van der Waals surface area (Å²) in [5, 5.41) is 2.88. The molecule has 0 aromatic heterocycles.